The highest BCUT2D eigenvalue weighted by atomic mass is 32.2. The molecule has 0 unspecified atom stereocenters. The van der Waals surface area contributed by atoms with E-state index in [1.54, 1.807) is 11.8 Å². The van der Waals surface area contributed by atoms with Crippen LogP contribution in [0.3, 0.4) is 0 Å². The largest absolute Gasteiger partial charge is 0.394 e. The molecule has 1 amide bonds. The molecule has 0 aliphatic heterocycles. The van der Waals surface area contributed by atoms with Crippen LogP contribution >= 0.6 is 11.8 Å². The van der Waals surface area contributed by atoms with E-state index in [0.717, 1.165) is 30.6 Å². The summed E-state index contributed by atoms with van der Waals surface area (Å²) in [5.74, 6) is 0.434. The minimum absolute atomic E-state index is 0.0249. The average molecular weight is 307 g/mol. The minimum atomic E-state index is -0.377. The number of aliphatic hydroxyl groups is 1. The Kier molecular flexibility index (Phi) is 5.71. The van der Waals surface area contributed by atoms with Crippen molar-refractivity contribution in [3.05, 3.63) is 29.3 Å². The Bertz CT molecular complexity index is 496. The number of amides is 1. The molecule has 1 aliphatic rings. The highest BCUT2D eigenvalue weighted by Gasteiger charge is 2.32. The fraction of sp³-hybridized carbons (Fsp3) is 0.588. The van der Waals surface area contributed by atoms with Gasteiger partial charge < -0.3 is 10.4 Å². The molecule has 4 heteroatoms. The molecular formula is C17H25NO2S. The van der Waals surface area contributed by atoms with E-state index < -0.39 is 0 Å². The third kappa shape index (κ3) is 4.48. The van der Waals surface area contributed by atoms with Crippen LogP contribution in [0.25, 0.3) is 0 Å². The quantitative estimate of drug-likeness (QED) is 0.821. The number of nitrogens with one attached hydrogen (secondary N) is 1. The number of aliphatic hydroxyl groups excluding tert-OH is 1. The number of hydrogen-bond donors (Lipinski definition) is 2. The molecule has 1 aliphatic carbocycles. The Morgan fingerprint density at radius 1 is 1.29 bits per heavy atom. The molecule has 0 bridgehead atoms. The first-order chi connectivity index (χ1) is 10.0. The monoisotopic (exact) mass is 307 g/mol. The predicted molar refractivity (Wildman–Crippen MR) is 87.7 cm³/mol. The van der Waals surface area contributed by atoms with Crippen LogP contribution in [0.15, 0.2) is 23.1 Å². The van der Waals surface area contributed by atoms with E-state index in [2.05, 4.69) is 37.4 Å². The summed E-state index contributed by atoms with van der Waals surface area (Å²) in [5, 5.41) is 12.7. The first-order valence-corrected chi connectivity index (χ1v) is 8.65. The lowest BCUT2D eigenvalue weighted by atomic mass is 9.82. The minimum Gasteiger partial charge on any atom is -0.394 e. The van der Waals surface area contributed by atoms with Gasteiger partial charge in [0.05, 0.1) is 17.9 Å². The van der Waals surface area contributed by atoms with Gasteiger partial charge in [-0.25, -0.2) is 0 Å². The van der Waals surface area contributed by atoms with Crippen molar-refractivity contribution in [3.63, 3.8) is 0 Å². The van der Waals surface area contributed by atoms with E-state index in [1.807, 2.05) is 0 Å². The maximum atomic E-state index is 12.2. The van der Waals surface area contributed by atoms with E-state index in [0.29, 0.717) is 5.75 Å². The maximum absolute atomic E-state index is 12.2. The van der Waals surface area contributed by atoms with Crippen molar-refractivity contribution >= 4 is 17.7 Å². The summed E-state index contributed by atoms with van der Waals surface area (Å²) in [7, 11) is 0. The van der Waals surface area contributed by atoms with Crippen molar-refractivity contribution in [1.82, 2.24) is 5.32 Å². The molecule has 0 saturated heterocycles. The number of aryl methyl sites for hydroxylation is 2. The van der Waals surface area contributed by atoms with Crippen LogP contribution in [0.4, 0.5) is 0 Å². The van der Waals surface area contributed by atoms with Gasteiger partial charge in [0.2, 0.25) is 5.91 Å². The number of rotatable bonds is 5. The summed E-state index contributed by atoms with van der Waals surface area (Å²) in [6, 6.07) is 6.30. The molecule has 2 N–H and O–H groups in total. The average Bonchev–Trinajstić information content (AvgIpc) is 2.49. The molecule has 1 fully saturated rings. The third-order valence-electron chi connectivity index (χ3n) is 4.22. The Labute approximate surface area is 131 Å². The van der Waals surface area contributed by atoms with E-state index >= 15 is 0 Å². The number of carbonyl (C=O) groups excluding carboxylic acids is 1. The standard InChI is InChI=1S/C17H25NO2S/c1-13-6-7-14(2)15(10-13)21-11-16(20)18-17(12-19)8-4-3-5-9-17/h6-7,10,19H,3-5,8-9,11-12H2,1-2H3,(H,18,20). The molecule has 2 rings (SSSR count). The van der Waals surface area contributed by atoms with Crippen molar-refractivity contribution in [3.8, 4) is 0 Å². The molecule has 1 aromatic carbocycles. The molecule has 1 saturated carbocycles. The summed E-state index contributed by atoms with van der Waals surface area (Å²) >= 11 is 1.57. The molecule has 116 valence electrons. The number of benzene rings is 1. The lowest BCUT2D eigenvalue weighted by Gasteiger charge is -2.36. The second-order valence-corrected chi connectivity index (χ2v) is 7.12. The van der Waals surface area contributed by atoms with E-state index in [1.165, 1.54) is 17.5 Å². The normalized spacial score (nSPS) is 17.5. The summed E-state index contributed by atoms with van der Waals surface area (Å²) in [6.45, 7) is 4.18. The van der Waals surface area contributed by atoms with Crippen molar-refractivity contribution in [1.29, 1.82) is 0 Å². The van der Waals surface area contributed by atoms with E-state index in [9.17, 15) is 9.90 Å². The summed E-state index contributed by atoms with van der Waals surface area (Å²) in [6.07, 6.45) is 5.16. The summed E-state index contributed by atoms with van der Waals surface area (Å²) in [4.78, 5) is 13.4. The number of thioether (sulfide) groups is 1. The van der Waals surface area contributed by atoms with Crippen LogP contribution in [0.5, 0.6) is 0 Å². The highest BCUT2D eigenvalue weighted by Crippen LogP contribution is 2.28. The SMILES string of the molecule is Cc1ccc(C)c(SCC(=O)NC2(CO)CCCCC2)c1. The van der Waals surface area contributed by atoms with Crippen LogP contribution in [0.2, 0.25) is 0 Å². The second kappa shape index (κ2) is 7.32. The van der Waals surface area contributed by atoms with Gasteiger partial charge in [0, 0.05) is 4.90 Å². The molecule has 0 aromatic heterocycles. The van der Waals surface area contributed by atoms with Crippen LogP contribution in [-0.4, -0.2) is 28.9 Å². The van der Waals surface area contributed by atoms with Crippen LogP contribution in [-0.2, 0) is 4.79 Å². The molecule has 0 radical (unpaired) electrons. The highest BCUT2D eigenvalue weighted by molar-refractivity contribution is 8.00. The summed E-state index contributed by atoms with van der Waals surface area (Å²) in [5.41, 5.74) is 2.04. The number of hydrogen-bond acceptors (Lipinski definition) is 3. The zero-order chi connectivity index (χ0) is 15.3. The maximum Gasteiger partial charge on any atom is 0.230 e. The second-order valence-electron chi connectivity index (χ2n) is 6.10. The fourth-order valence-corrected chi connectivity index (χ4v) is 3.81. The Hall–Kier alpha value is -1.00. The Balaban J connectivity index is 1.91. The van der Waals surface area contributed by atoms with Gasteiger partial charge >= 0.3 is 0 Å². The summed E-state index contributed by atoms with van der Waals surface area (Å²) < 4.78 is 0. The zero-order valence-electron chi connectivity index (χ0n) is 12.9. The molecule has 1 aromatic rings. The van der Waals surface area contributed by atoms with Crippen LogP contribution in [0.1, 0.15) is 43.2 Å². The van der Waals surface area contributed by atoms with Gasteiger partial charge in [0.1, 0.15) is 0 Å². The molecule has 21 heavy (non-hydrogen) atoms. The lowest BCUT2D eigenvalue weighted by molar-refractivity contribution is -0.121. The molecule has 0 spiro atoms. The molecule has 0 atom stereocenters. The smallest absolute Gasteiger partial charge is 0.230 e. The molecule has 3 nitrogen and oxygen atoms in total. The van der Waals surface area contributed by atoms with Gasteiger partial charge in [-0.05, 0) is 38.3 Å². The predicted octanol–water partition coefficient (Wildman–Crippen LogP) is 3.21. The molecule has 0 heterocycles. The van der Waals surface area contributed by atoms with Crippen LogP contribution < -0.4 is 5.32 Å². The van der Waals surface area contributed by atoms with Crippen molar-refractivity contribution in [2.75, 3.05) is 12.4 Å². The topological polar surface area (TPSA) is 49.3 Å². The van der Waals surface area contributed by atoms with Crippen LogP contribution in [0, 0.1) is 13.8 Å². The van der Waals surface area contributed by atoms with Gasteiger partial charge in [0.25, 0.3) is 0 Å². The van der Waals surface area contributed by atoms with Crippen molar-refractivity contribution in [2.24, 2.45) is 0 Å². The fourth-order valence-electron chi connectivity index (χ4n) is 2.89. The Morgan fingerprint density at radius 3 is 2.67 bits per heavy atom. The van der Waals surface area contributed by atoms with Crippen molar-refractivity contribution in [2.45, 2.75) is 56.4 Å². The van der Waals surface area contributed by atoms with E-state index in [4.69, 9.17) is 0 Å². The van der Waals surface area contributed by atoms with Gasteiger partial charge in [-0.15, -0.1) is 11.8 Å². The van der Waals surface area contributed by atoms with Crippen molar-refractivity contribution < 1.29 is 9.90 Å². The number of carbonyl (C=O) groups is 1. The Morgan fingerprint density at radius 2 is 2.00 bits per heavy atom. The first-order valence-electron chi connectivity index (χ1n) is 7.67. The van der Waals surface area contributed by atoms with Gasteiger partial charge in [-0.1, -0.05) is 37.0 Å². The van der Waals surface area contributed by atoms with Gasteiger partial charge in [-0.2, -0.15) is 0 Å². The third-order valence-corrected chi connectivity index (χ3v) is 5.38. The lowest BCUT2D eigenvalue weighted by Crippen LogP contribution is -2.53. The molecular weight excluding hydrogens is 282 g/mol. The van der Waals surface area contributed by atoms with Gasteiger partial charge in [0.15, 0.2) is 0 Å². The van der Waals surface area contributed by atoms with E-state index in [-0.39, 0.29) is 18.1 Å². The zero-order valence-corrected chi connectivity index (χ0v) is 13.8. The first kappa shape index (κ1) is 16.4. The van der Waals surface area contributed by atoms with Gasteiger partial charge in [-0.3, -0.25) is 4.79 Å².